The number of ether oxygens (including phenoxy) is 2. The Morgan fingerprint density at radius 2 is 1.88 bits per heavy atom. The lowest BCUT2D eigenvalue weighted by Crippen LogP contribution is -3.12. The Labute approximate surface area is 160 Å². The van der Waals surface area contributed by atoms with Crippen LogP contribution in [-0.2, 0) is 6.54 Å². The van der Waals surface area contributed by atoms with Gasteiger partial charge in [-0.25, -0.2) is 4.98 Å². The number of rotatable bonds is 5. The number of nitrogens with zero attached hydrogens (tertiary/aromatic N) is 1. The second kappa shape index (κ2) is 7.97. The molecular weight excluding hydrogens is 344 g/mol. The Morgan fingerprint density at radius 3 is 2.69 bits per heavy atom. The Kier molecular flexibility index (Phi) is 5.46. The van der Waals surface area contributed by atoms with Crippen LogP contribution in [-0.4, -0.2) is 32.3 Å². The van der Waals surface area contributed by atoms with Crippen LogP contribution in [0.3, 0.4) is 0 Å². The Morgan fingerprint density at radius 1 is 1.08 bits per heavy atom. The summed E-state index contributed by atoms with van der Waals surface area (Å²) in [5, 5.41) is 3.29. The van der Waals surface area contributed by atoms with Crippen molar-refractivity contribution in [1.29, 1.82) is 0 Å². The number of hydrogen-bond donors (Lipinski definition) is 1. The molecule has 0 amide bonds. The third kappa shape index (κ3) is 3.74. The molecule has 0 radical (unpaired) electrons. The average Bonchev–Trinajstić information content (AvgIpc) is 3.15. The second-order valence-corrected chi connectivity index (χ2v) is 8.55. The third-order valence-electron chi connectivity index (χ3n) is 6.10. The van der Waals surface area contributed by atoms with Crippen molar-refractivity contribution in [3.63, 3.8) is 0 Å². The number of methoxy groups -OCH3 is 2. The fraction of sp³-hybridized carbons (Fsp3) is 0.571. The first-order chi connectivity index (χ1) is 12.8. The molecule has 1 saturated carbocycles. The van der Waals surface area contributed by atoms with Crippen molar-refractivity contribution in [3.05, 3.63) is 29.3 Å². The highest BCUT2D eigenvalue weighted by Crippen LogP contribution is 2.34. The lowest BCUT2D eigenvalue weighted by molar-refractivity contribution is -0.924. The minimum atomic E-state index is 0.756. The van der Waals surface area contributed by atoms with Gasteiger partial charge in [0.25, 0.3) is 0 Å². The molecule has 0 bridgehead atoms. The molecule has 1 aromatic carbocycles. The summed E-state index contributed by atoms with van der Waals surface area (Å²) in [7, 11) is 3.34. The van der Waals surface area contributed by atoms with E-state index in [1.54, 1.807) is 30.5 Å². The predicted molar refractivity (Wildman–Crippen MR) is 105 cm³/mol. The molecule has 1 aromatic heterocycles. The van der Waals surface area contributed by atoms with E-state index in [-0.39, 0.29) is 0 Å². The van der Waals surface area contributed by atoms with Crippen molar-refractivity contribution in [1.82, 2.24) is 4.98 Å². The number of fused-ring (bicyclic) bond motifs is 1. The molecule has 2 aliphatic rings. The molecular formula is C21H29N2O2S+. The van der Waals surface area contributed by atoms with Gasteiger partial charge in [-0.3, -0.25) is 0 Å². The number of piperidine rings is 1. The summed E-state index contributed by atoms with van der Waals surface area (Å²) in [4.78, 5) is 6.63. The van der Waals surface area contributed by atoms with Gasteiger partial charge in [-0.1, -0.05) is 12.8 Å². The fourth-order valence-corrected chi connectivity index (χ4v) is 5.52. The Hall–Kier alpha value is -1.59. The molecule has 1 N–H and O–H groups in total. The van der Waals surface area contributed by atoms with E-state index in [2.05, 4.69) is 11.4 Å². The molecule has 2 heterocycles. The van der Waals surface area contributed by atoms with Gasteiger partial charge in [-0.15, -0.1) is 11.3 Å². The number of quaternary nitrogens is 1. The van der Waals surface area contributed by atoms with Crippen LogP contribution >= 0.6 is 11.3 Å². The quantitative estimate of drug-likeness (QED) is 0.872. The van der Waals surface area contributed by atoms with E-state index in [0.29, 0.717) is 0 Å². The molecule has 26 heavy (non-hydrogen) atoms. The number of aromatic nitrogens is 1. The average molecular weight is 374 g/mol. The summed E-state index contributed by atoms with van der Waals surface area (Å²) in [5.41, 5.74) is 2.32. The normalized spacial score (nSPS) is 25.5. The number of likely N-dealkylation sites (tertiary alicyclic amines) is 1. The molecule has 5 heteroatoms. The minimum Gasteiger partial charge on any atom is -0.493 e. The van der Waals surface area contributed by atoms with Gasteiger partial charge in [0.05, 0.1) is 27.3 Å². The Balaban J connectivity index is 1.43. The van der Waals surface area contributed by atoms with Crippen molar-refractivity contribution in [2.24, 2.45) is 11.8 Å². The smallest absolute Gasteiger partial charge is 0.161 e. The summed E-state index contributed by atoms with van der Waals surface area (Å²) in [6.45, 7) is 3.71. The highest BCUT2D eigenvalue weighted by atomic mass is 32.1. The van der Waals surface area contributed by atoms with Crippen molar-refractivity contribution < 1.29 is 14.4 Å². The van der Waals surface area contributed by atoms with Crippen molar-refractivity contribution in [3.8, 4) is 22.1 Å². The molecule has 4 nitrogen and oxygen atoms in total. The van der Waals surface area contributed by atoms with Gasteiger partial charge >= 0.3 is 0 Å². The molecule has 1 aliphatic heterocycles. The first-order valence-corrected chi connectivity index (χ1v) is 10.6. The SMILES string of the molecule is COc1ccc(-c2nc(C[NH+]3CC[C@@H]4CCCC[C@@H]4C3)cs2)cc1OC. The van der Waals surface area contributed by atoms with Crippen LogP contribution in [0.2, 0.25) is 0 Å². The molecule has 1 unspecified atom stereocenters. The van der Waals surface area contributed by atoms with Gasteiger partial charge in [0, 0.05) is 16.9 Å². The summed E-state index contributed by atoms with van der Waals surface area (Å²) in [5.74, 6) is 3.47. The summed E-state index contributed by atoms with van der Waals surface area (Å²) >= 11 is 1.73. The second-order valence-electron chi connectivity index (χ2n) is 7.69. The van der Waals surface area contributed by atoms with E-state index < -0.39 is 0 Å². The van der Waals surface area contributed by atoms with E-state index in [0.717, 1.165) is 40.5 Å². The highest BCUT2D eigenvalue weighted by molar-refractivity contribution is 7.13. The van der Waals surface area contributed by atoms with Gasteiger partial charge in [-0.2, -0.15) is 0 Å². The molecule has 0 spiro atoms. The molecule has 4 rings (SSSR count). The largest absolute Gasteiger partial charge is 0.493 e. The third-order valence-corrected chi connectivity index (χ3v) is 7.04. The van der Waals surface area contributed by atoms with Crippen LogP contribution < -0.4 is 14.4 Å². The maximum atomic E-state index is 5.42. The van der Waals surface area contributed by atoms with Crippen molar-refractivity contribution >= 4 is 11.3 Å². The van der Waals surface area contributed by atoms with E-state index in [1.807, 2.05) is 12.1 Å². The highest BCUT2D eigenvalue weighted by Gasteiger charge is 2.33. The first-order valence-electron chi connectivity index (χ1n) is 9.77. The van der Waals surface area contributed by atoms with Crippen molar-refractivity contribution in [2.75, 3.05) is 27.3 Å². The number of hydrogen-bond acceptors (Lipinski definition) is 4. The van der Waals surface area contributed by atoms with Crippen LogP contribution in [0.25, 0.3) is 10.6 Å². The molecule has 1 saturated heterocycles. The molecule has 2 aromatic rings. The van der Waals surface area contributed by atoms with E-state index in [9.17, 15) is 0 Å². The van der Waals surface area contributed by atoms with Crippen LogP contribution in [0.5, 0.6) is 11.5 Å². The van der Waals surface area contributed by atoms with Gasteiger partial charge in [-0.05, 0) is 43.4 Å². The van der Waals surface area contributed by atoms with Gasteiger partial charge in [0.15, 0.2) is 11.5 Å². The molecule has 2 fully saturated rings. The standard InChI is InChI=1S/C21H28N2O2S/c1-24-19-8-7-16(11-20(19)25-2)21-22-18(14-26-21)13-23-10-9-15-5-3-4-6-17(15)12-23/h7-8,11,14-15,17H,3-6,9-10,12-13H2,1-2H3/p+1/t15-,17+/m0/s1. The first kappa shape index (κ1) is 17.8. The fourth-order valence-electron chi connectivity index (χ4n) is 4.70. The van der Waals surface area contributed by atoms with E-state index >= 15 is 0 Å². The molecule has 1 aliphatic carbocycles. The topological polar surface area (TPSA) is 35.8 Å². The molecule has 140 valence electrons. The summed E-state index contributed by atoms with van der Waals surface area (Å²) < 4.78 is 10.8. The zero-order valence-corrected chi connectivity index (χ0v) is 16.6. The van der Waals surface area contributed by atoms with E-state index in [1.165, 1.54) is 50.9 Å². The van der Waals surface area contributed by atoms with Gasteiger partial charge < -0.3 is 14.4 Å². The minimum absolute atomic E-state index is 0.756. The van der Waals surface area contributed by atoms with E-state index in [4.69, 9.17) is 14.5 Å². The maximum absolute atomic E-state index is 5.42. The van der Waals surface area contributed by atoms with Crippen LogP contribution in [0.15, 0.2) is 23.6 Å². The number of benzene rings is 1. The lowest BCUT2D eigenvalue weighted by Gasteiger charge is -2.38. The zero-order valence-electron chi connectivity index (χ0n) is 15.8. The summed E-state index contributed by atoms with van der Waals surface area (Å²) in [6, 6.07) is 6.03. The van der Waals surface area contributed by atoms with Crippen LogP contribution in [0.1, 0.15) is 37.8 Å². The van der Waals surface area contributed by atoms with Gasteiger partial charge in [0.2, 0.25) is 0 Å². The maximum Gasteiger partial charge on any atom is 0.161 e. The summed E-state index contributed by atoms with van der Waals surface area (Å²) in [6.07, 6.45) is 7.22. The number of thiazole rings is 1. The zero-order chi connectivity index (χ0) is 17.9. The van der Waals surface area contributed by atoms with Crippen LogP contribution in [0.4, 0.5) is 0 Å². The van der Waals surface area contributed by atoms with Crippen molar-refractivity contribution in [2.45, 2.75) is 38.6 Å². The number of nitrogens with one attached hydrogen (secondary N) is 1. The lowest BCUT2D eigenvalue weighted by atomic mass is 9.75. The molecule has 3 atom stereocenters. The van der Waals surface area contributed by atoms with Gasteiger partial charge in [0.1, 0.15) is 17.2 Å². The predicted octanol–water partition coefficient (Wildman–Crippen LogP) is 3.42. The monoisotopic (exact) mass is 373 g/mol. The van der Waals surface area contributed by atoms with Crippen LogP contribution in [0, 0.1) is 11.8 Å². The Bertz CT molecular complexity index is 745.